The third-order valence-electron chi connectivity index (χ3n) is 5.23. The summed E-state index contributed by atoms with van der Waals surface area (Å²) >= 11 is 3.50. The van der Waals surface area contributed by atoms with Crippen LogP contribution in [0.5, 0.6) is 0 Å². The minimum absolute atomic E-state index is 0.291. The van der Waals surface area contributed by atoms with E-state index >= 15 is 0 Å². The lowest BCUT2D eigenvalue weighted by molar-refractivity contribution is -0.177. The maximum absolute atomic E-state index is 10.5. The van der Waals surface area contributed by atoms with Crippen LogP contribution in [0, 0.1) is 0 Å². The highest BCUT2D eigenvalue weighted by Crippen LogP contribution is 2.41. The normalized spacial score (nSPS) is 23.0. The van der Waals surface area contributed by atoms with Crippen molar-refractivity contribution in [3.05, 3.63) is 70.2 Å². The lowest BCUT2D eigenvalue weighted by Crippen LogP contribution is -2.48. The molecule has 3 rings (SSSR count). The van der Waals surface area contributed by atoms with Crippen molar-refractivity contribution >= 4 is 15.9 Å². The molecule has 4 heteroatoms. The second kappa shape index (κ2) is 7.81. The van der Waals surface area contributed by atoms with Gasteiger partial charge in [-0.1, -0.05) is 58.4 Å². The van der Waals surface area contributed by atoms with Crippen molar-refractivity contribution in [3.63, 3.8) is 0 Å². The molecular weight excluding hydrogens is 390 g/mol. The van der Waals surface area contributed by atoms with Crippen LogP contribution in [0.2, 0.25) is 0 Å². The van der Waals surface area contributed by atoms with Gasteiger partial charge in [0.2, 0.25) is 0 Å². The molecule has 1 N–H and O–H groups in total. The number of rotatable bonds is 5. The van der Waals surface area contributed by atoms with Gasteiger partial charge in [0.15, 0.2) is 0 Å². The lowest BCUT2D eigenvalue weighted by Gasteiger charge is -2.46. The molecule has 0 spiro atoms. The van der Waals surface area contributed by atoms with E-state index in [2.05, 4.69) is 64.2 Å². The Balaban J connectivity index is 1.77. The average molecular weight is 418 g/mol. The molecule has 0 aliphatic carbocycles. The van der Waals surface area contributed by atoms with Crippen LogP contribution in [0.1, 0.15) is 50.8 Å². The number of hydrogen-bond acceptors (Lipinski definition) is 3. The second-order valence-corrected chi connectivity index (χ2v) is 8.83. The van der Waals surface area contributed by atoms with Crippen LogP contribution in [0.15, 0.2) is 59.1 Å². The summed E-state index contributed by atoms with van der Waals surface area (Å²) in [6.07, 6.45) is 1.45. The summed E-state index contributed by atoms with van der Waals surface area (Å²) in [6.45, 7) is 7.43. The fraction of sp³-hybridized carbons (Fsp3) is 0.455. The molecule has 0 bridgehead atoms. The smallest absolute Gasteiger partial charge is 0.101 e. The van der Waals surface area contributed by atoms with Crippen molar-refractivity contribution < 1.29 is 9.84 Å². The Labute approximate surface area is 165 Å². The number of aliphatic hydroxyl groups is 1. The molecule has 1 saturated heterocycles. The van der Waals surface area contributed by atoms with Crippen LogP contribution in [0.4, 0.5) is 0 Å². The van der Waals surface area contributed by atoms with Gasteiger partial charge in [-0.3, -0.25) is 4.90 Å². The first-order valence-corrected chi connectivity index (χ1v) is 10.00. The fourth-order valence-electron chi connectivity index (χ4n) is 3.83. The SMILES string of the molecule is C[C@@H](c1ccc(Br)cc1)N1CC[C@@](CC(C)(C)O)(c2ccccc2)OC1. The molecular formula is C22H28BrNO2. The zero-order chi connectivity index (χ0) is 18.8. The predicted molar refractivity (Wildman–Crippen MR) is 109 cm³/mol. The van der Waals surface area contributed by atoms with E-state index in [1.807, 2.05) is 32.0 Å². The molecule has 140 valence electrons. The van der Waals surface area contributed by atoms with Crippen molar-refractivity contribution in [1.82, 2.24) is 4.90 Å². The number of halogens is 1. The molecule has 0 saturated carbocycles. The Morgan fingerprint density at radius 1 is 1.15 bits per heavy atom. The maximum atomic E-state index is 10.5. The van der Waals surface area contributed by atoms with Crippen molar-refractivity contribution in [3.8, 4) is 0 Å². The third kappa shape index (κ3) is 4.55. The number of nitrogens with zero attached hydrogens (tertiary/aromatic N) is 1. The molecule has 0 radical (unpaired) electrons. The summed E-state index contributed by atoms with van der Waals surface area (Å²) in [6, 6.07) is 19.1. The Morgan fingerprint density at radius 3 is 2.35 bits per heavy atom. The highest BCUT2D eigenvalue weighted by Gasteiger charge is 2.42. The fourth-order valence-corrected chi connectivity index (χ4v) is 4.10. The van der Waals surface area contributed by atoms with E-state index in [0.717, 1.165) is 23.0 Å². The van der Waals surface area contributed by atoms with Crippen LogP contribution < -0.4 is 0 Å². The summed E-state index contributed by atoms with van der Waals surface area (Å²) in [5.74, 6) is 0. The Bertz CT molecular complexity index is 701. The quantitative estimate of drug-likeness (QED) is 0.720. The molecule has 1 fully saturated rings. The average Bonchev–Trinajstić information content (AvgIpc) is 2.62. The number of ether oxygens (including phenoxy) is 1. The van der Waals surface area contributed by atoms with Gasteiger partial charge >= 0.3 is 0 Å². The highest BCUT2D eigenvalue weighted by molar-refractivity contribution is 9.10. The van der Waals surface area contributed by atoms with E-state index in [1.165, 1.54) is 5.56 Å². The molecule has 26 heavy (non-hydrogen) atoms. The summed E-state index contributed by atoms with van der Waals surface area (Å²) in [5.41, 5.74) is 1.22. The summed E-state index contributed by atoms with van der Waals surface area (Å²) in [4.78, 5) is 2.36. The topological polar surface area (TPSA) is 32.7 Å². The Kier molecular flexibility index (Phi) is 5.88. The van der Waals surface area contributed by atoms with E-state index in [-0.39, 0.29) is 0 Å². The maximum Gasteiger partial charge on any atom is 0.101 e. The Morgan fingerprint density at radius 2 is 1.81 bits per heavy atom. The van der Waals surface area contributed by atoms with Crippen LogP contribution >= 0.6 is 15.9 Å². The van der Waals surface area contributed by atoms with Crippen molar-refractivity contribution in [2.24, 2.45) is 0 Å². The van der Waals surface area contributed by atoms with E-state index in [9.17, 15) is 5.11 Å². The number of benzene rings is 2. The van der Waals surface area contributed by atoms with Gasteiger partial charge in [0.05, 0.1) is 11.2 Å². The van der Waals surface area contributed by atoms with E-state index < -0.39 is 11.2 Å². The third-order valence-corrected chi connectivity index (χ3v) is 5.76. The molecule has 1 aliphatic rings. The van der Waals surface area contributed by atoms with Gasteiger partial charge in [-0.05, 0) is 50.5 Å². The minimum Gasteiger partial charge on any atom is -0.390 e. The van der Waals surface area contributed by atoms with Gasteiger partial charge in [-0.15, -0.1) is 0 Å². The van der Waals surface area contributed by atoms with E-state index in [0.29, 0.717) is 19.2 Å². The monoisotopic (exact) mass is 417 g/mol. The van der Waals surface area contributed by atoms with E-state index in [4.69, 9.17) is 4.74 Å². The van der Waals surface area contributed by atoms with Crippen molar-refractivity contribution in [1.29, 1.82) is 0 Å². The standard InChI is InChI=1S/C22H28BrNO2/c1-17(18-9-11-20(23)12-10-18)24-14-13-22(26-16-24,15-21(2,3)25)19-7-5-4-6-8-19/h4-12,17,25H,13-16H2,1-3H3/t17-,22+/m0/s1. The van der Waals surface area contributed by atoms with Crippen molar-refractivity contribution in [2.45, 2.75) is 50.9 Å². The van der Waals surface area contributed by atoms with Gasteiger partial charge in [0, 0.05) is 23.5 Å². The molecule has 2 aromatic carbocycles. The first kappa shape index (κ1) is 19.6. The van der Waals surface area contributed by atoms with Gasteiger partial charge < -0.3 is 9.84 Å². The largest absolute Gasteiger partial charge is 0.390 e. The van der Waals surface area contributed by atoms with Crippen LogP contribution in [0.25, 0.3) is 0 Å². The van der Waals surface area contributed by atoms with Gasteiger partial charge in [-0.25, -0.2) is 0 Å². The molecule has 0 unspecified atom stereocenters. The van der Waals surface area contributed by atoms with Gasteiger partial charge in [-0.2, -0.15) is 0 Å². The predicted octanol–water partition coefficient (Wildman–Crippen LogP) is 5.25. The van der Waals surface area contributed by atoms with Crippen LogP contribution in [-0.2, 0) is 10.3 Å². The summed E-state index contributed by atoms with van der Waals surface area (Å²) < 4.78 is 7.56. The molecule has 0 aromatic heterocycles. The highest BCUT2D eigenvalue weighted by atomic mass is 79.9. The van der Waals surface area contributed by atoms with Gasteiger partial charge in [0.25, 0.3) is 0 Å². The zero-order valence-electron chi connectivity index (χ0n) is 15.8. The van der Waals surface area contributed by atoms with Crippen LogP contribution in [0.3, 0.4) is 0 Å². The summed E-state index contributed by atoms with van der Waals surface area (Å²) in [5, 5.41) is 10.5. The van der Waals surface area contributed by atoms with E-state index in [1.54, 1.807) is 0 Å². The molecule has 2 aromatic rings. The first-order chi connectivity index (χ1) is 12.3. The Hall–Kier alpha value is -1.20. The molecule has 3 nitrogen and oxygen atoms in total. The molecule has 0 amide bonds. The molecule has 1 aliphatic heterocycles. The lowest BCUT2D eigenvalue weighted by atomic mass is 9.80. The van der Waals surface area contributed by atoms with Gasteiger partial charge in [0.1, 0.15) is 6.73 Å². The van der Waals surface area contributed by atoms with Crippen molar-refractivity contribution in [2.75, 3.05) is 13.3 Å². The summed E-state index contributed by atoms with van der Waals surface area (Å²) in [7, 11) is 0. The second-order valence-electron chi connectivity index (χ2n) is 7.91. The number of hydrogen-bond donors (Lipinski definition) is 1. The molecule has 2 atom stereocenters. The first-order valence-electron chi connectivity index (χ1n) is 9.20. The zero-order valence-corrected chi connectivity index (χ0v) is 17.4. The molecule has 1 heterocycles. The van der Waals surface area contributed by atoms with Crippen LogP contribution in [-0.4, -0.2) is 28.9 Å². The minimum atomic E-state index is -0.782.